The molecule has 0 heterocycles. The number of carbonyl (C=O) groups is 1. The van der Waals surface area contributed by atoms with Gasteiger partial charge in [0.05, 0.1) is 19.8 Å². The zero-order chi connectivity index (χ0) is 17.0. The fourth-order valence-corrected chi connectivity index (χ4v) is 2.48. The summed E-state index contributed by atoms with van der Waals surface area (Å²) in [6.07, 6.45) is 0.337. The van der Waals surface area contributed by atoms with Gasteiger partial charge in [-0.05, 0) is 36.2 Å². The first-order chi connectivity index (χ1) is 11.0. The molecule has 0 saturated carbocycles. The lowest BCUT2D eigenvalue weighted by molar-refractivity contribution is 0.0694. The van der Waals surface area contributed by atoms with Crippen molar-refractivity contribution in [1.82, 2.24) is 0 Å². The van der Waals surface area contributed by atoms with Gasteiger partial charge in [-0.1, -0.05) is 12.1 Å². The normalized spacial score (nSPS) is 11.8. The fourth-order valence-electron chi connectivity index (χ4n) is 2.48. The molecule has 0 aliphatic rings. The Morgan fingerprint density at radius 1 is 1.17 bits per heavy atom. The average Bonchev–Trinajstić information content (AvgIpc) is 2.55. The monoisotopic (exact) mass is 319 g/mol. The number of carboxylic acid groups (broad SMARTS) is 1. The van der Waals surface area contributed by atoms with Crippen LogP contribution in [0.15, 0.2) is 36.4 Å². The topological polar surface area (TPSA) is 81.8 Å². The fraction of sp³-hybridized carbons (Fsp3) is 0.235. The molecule has 2 rings (SSSR count). The highest BCUT2D eigenvalue weighted by molar-refractivity contribution is 5.91. The minimum atomic E-state index is -1.10. The summed E-state index contributed by atoms with van der Waals surface area (Å²) in [5, 5.41) is 9.40. The molecule has 2 aromatic carbocycles. The Morgan fingerprint density at radius 2 is 1.83 bits per heavy atom. The molecule has 0 spiro atoms. The van der Waals surface area contributed by atoms with Gasteiger partial charge >= 0.3 is 5.97 Å². The Bertz CT molecular complexity index is 700. The van der Waals surface area contributed by atoms with E-state index in [4.69, 9.17) is 15.2 Å². The van der Waals surface area contributed by atoms with Crippen molar-refractivity contribution in [3.05, 3.63) is 58.9 Å². The van der Waals surface area contributed by atoms with Crippen LogP contribution in [-0.2, 0) is 6.42 Å². The van der Waals surface area contributed by atoms with Gasteiger partial charge in [0.25, 0.3) is 0 Å². The third kappa shape index (κ3) is 3.60. The maximum atomic E-state index is 13.0. The molecule has 122 valence electrons. The van der Waals surface area contributed by atoms with E-state index in [1.165, 1.54) is 38.5 Å². The number of aromatic carboxylic acids is 1. The Balaban J connectivity index is 2.46. The van der Waals surface area contributed by atoms with Crippen LogP contribution in [-0.4, -0.2) is 25.3 Å². The maximum absolute atomic E-state index is 13.0. The Kier molecular flexibility index (Phi) is 5.18. The number of rotatable bonds is 6. The van der Waals surface area contributed by atoms with Crippen LogP contribution in [0.3, 0.4) is 0 Å². The molecule has 0 radical (unpaired) electrons. The molecule has 6 heteroatoms. The zero-order valence-electron chi connectivity index (χ0n) is 12.9. The van der Waals surface area contributed by atoms with Crippen molar-refractivity contribution in [3.8, 4) is 11.5 Å². The Morgan fingerprint density at radius 3 is 2.35 bits per heavy atom. The number of carboxylic acids is 1. The molecule has 3 N–H and O–H groups in total. The number of hydrogen-bond donors (Lipinski definition) is 2. The summed E-state index contributed by atoms with van der Waals surface area (Å²) in [5.74, 6) is -0.743. The molecule has 0 aromatic heterocycles. The summed E-state index contributed by atoms with van der Waals surface area (Å²) >= 11 is 0. The third-order valence-corrected chi connectivity index (χ3v) is 3.55. The summed E-state index contributed by atoms with van der Waals surface area (Å²) in [4.78, 5) is 11.5. The summed E-state index contributed by atoms with van der Waals surface area (Å²) < 4.78 is 23.5. The summed E-state index contributed by atoms with van der Waals surface area (Å²) in [5.41, 5.74) is 7.41. The van der Waals surface area contributed by atoms with Gasteiger partial charge in [-0.3, -0.25) is 0 Å². The number of nitrogens with two attached hydrogens (primary N) is 1. The van der Waals surface area contributed by atoms with Crippen molar-refractivity contribution in [1.29, 1.82) is 0 Å². The second-order valence-electron chi connectivity index (χ2n) is 5.00. The third-order valence-electron chi connectivity index (χ3n) is 3.55. The molecule has 0 aliphatic heterocycles. The predicted molar refractivity (Wildman–Crippen MR) is 83.5 cm³/mol. The van der Waals surface area contributed by atoms with Crippen molar-refractivity contribution in [2.75, 3.05) is 14.2 Å². The molecule has 0 fully saturated rings. The molecule has 1 atom stereocenters. The zero-order valence-corrected chi connectivity index (χ0v) is 12.9. The van der Waals surface area contributed by atoms with Gasteiger partial charge in [-0.2, -0.15) is 0 Å². The molecule has 0 bridgehead atoms. The number of methoxy groups -OCH3 is 2. The van der Waals surface area contributed by atoms with E-state index in [0.29, 0.717) is 23.5 Å². The molecule has 23 heavy (non-hydrogen) atoms. The van der Waals surface area contributed by atoms with E-state index < -0.39 is 12.0 Å². The van der Waals surface area contributed by atoms with Crippen LogP contribution in [0.1, 0.15) is 27.5 Å². The van der Waals surface area contributed by atoms with Gasteiger partial charge in [0, 0.05) is 11.6 Å². The standard InChI is InChI=1S/C17H18FNO4/c1-22-14-8-7-12(17(20)21)15(16(14)23-2)13(19)9-10-3-5-11(18)6-4-10/h3-8,13H,9,19H2,1-2H3,(H,20,21). The highest BCUT2D eigenvalue weighted by Crippen LogP contribution is 2.37. The first-order valence-corrected chi connectivity index (χ1v) is 6.96. The van der Waals surface area contributed by atoms with Crippen LogP contribution in [0.4, 0.5) is 4.39 Å². The lowest BCUT2D eigenvalue weighted by Gasteiger charge is -2.20. The van der Waals surface area contributed by atoms with E-state index >= 15 is 0 Å². The molecule has 0 aliphatic carbocycles. The van der Waals surface area contributed by atoms with Crippen LogP contribution in [0, 0.1) is 5.82 Å². The first-order valence-electron chi connectivity index (χ1n) is 6.96. The SMILES string of the molecule is COc1ccc(C(=O)O)c(C(N)Cc2ccc(F)cc2)c1OC. The molecule has 0 saturated heterocycles. The Hall–Kier alpha value is -2.60. The van der Waals surface area contributed by atoms with Gasteiger partial charge in [-0.15, -0.1) is 0 Å². The van der Waals surface area contributed by atoms with Crippen molar-refractivity contribution >= 4 is 5.97 Å². The van der Waals surface area contributed by atoms with E-state index in [1.54, 1.807) is 12.1 Å². The van der Waals surface area contributed by atoms with Crippen molar-refractivity contribution < 1.29 is 23.8 Å². The van der Waals surface area contributed by atoms with Gasteiger partial charge in [-0.25, -0.2) is 9.18 Å². The molecular formula is C17H18FNO4. The van der Waals surface area contributed by atoms with E-state index in [-0.39, 0.29) is 11.4 Å². The lowest BCUT2D eigenvalue weighted by Crippen LogP contribution is -2.19. The van der Waals surface area contributed by atoms with E-state index in [9.17, 15) is 14.3 Å². The second kappa shape index (κ2) is 7.11. The van der Waals surface area contributed by atoms with Crippen molar-refractivity contribution in [2.24, 2.45) is 5.73 Å². The lowest BCUT2D eigenvalue weighted by atomic mass is 9.94. The van der Waals surface area contributed by atoms with Crippen LogP contribution < -0.4 is 15.2 Å². The van der Waals surface area contributed by atoms with Crippen molar-refractivity contribution in [2.45, 2.75) is 12.5 Å². The largest absolute Gasteiger partial charge is 0.493 e. The second-order valence-corrected chi connectivity index (χ2v) is 5.00. The Labute approximate surface area is 133 Å². The number of hydrogen-bond acceptors (Lipinski definition) is 4. The van der Waals surface area contributed by atoms with Crippen molar-refractivity contribution in [3.63, 3.8) is 0 Å². The predicted octanol–water partition coefficient (Wildman–Crippen LogP) is 2.78. The quantitative estimate of drug-likeness (QED) is 0.855. The summed E-state index contributed by atoms with van der Waals surface area (Å²) in [6, 6.07) is 8.22. The minimum Gasteiger partial charge on any atom is -0.493 e. The summed E-state index contributed by atoms with van der Waals surface area (Å²) in [7, 11) is 2.89. The minimum absolute atomic E-state index is 0.0530. The highest BCUT2D eigenvalue weighted by Gasteiger charge is 2.24. The average molecular weight is 319 g/mol. The maximum Gasteiger partial charge on any atom is 0.336 e. The van der Waals surface area contributed by atoms with Gasteiger partial charge in [0.1, 0.15) is 5.82 Å². The number of ether oxygens (including phenoxy) is 2. The first kappa shape index (κ1) is 16.8. The smallest absolute Gasteiger partial charge is 0.336 e. The van der Waals surface area contributed by atoms with E-state index in [0.717, 1.165) is 5.56 Å². The number of halogens is 1. The van der Waals surface area contributed by atoms with Crippen LogP contribution in [0.2, 0.25) is 0 Å². The molecule has 1 unspecified atom stereocenters. The van der Waals surface area contributed by atoms with Gasteiger partial charge in [0.15, 0.2) is 11.5 Å². The van der Waals surface area contributed by atoms with Gasteiger partial charge in [0.2, 0.25) is 0 Å². The highest BCUT2D eigenvalue weighted by atomic mass is 19.1. The van der Waals surface area contributed by atoms with E-state index in [1.807, 2.05) is 0 Å². The van der Waals surface area contributed by atoms with E-state index in [2.05, 4.69) is 0 Å². The van der Waals surface area contributed by atoms with Crippen LogP contribution >= 0.6 is 0 Å². The van der Waals surface area contributed by atoms with Gasteiger partial charge < -0.3 is 20.3 Å². The molecule has 0 amide bonds. The molecule has 5 nitrogen and oxygen atoms in total. The molecular weight excluding hydrogens is 301 g/mol. The van der Waals surface area contributed by atoms with Crippen LogP contribution in [0.25, 0.3) is 0 Å². The molecule has 2 aromatic rings. The summed E-state index contributed by atoms with van der Waals surface area (Å²) in [6.45, 7) is 0. The van der Waals surface area contributed by atoms with Crippen LogP contribution in [0.5, 0.6) is 11.5 Å². The number of benzene rings is 2.